The number of alkyl halides is 3. The number of nitrogens with two attached hydrogens (primary N) is 1. The van der Waals surface area contributed by atoms with Gasteiger partial charge in [0.25, 0.3) is 0 Å². The van der Waals surface area contributed by atoms with Gasteiger partial charge < -0.3 is 15.2 Å². The lowest BCUT2D eigenvalue weighted by Gasteiger charge is -2.38. The predicted molar refractivity (Wildman–Crippen MR) is 99.2 cm³/mol. The van der Waals surface area contributed by atoms with Crippen LogP contribution in [-0.4, -0.2) is 32.9 Å². The third-order valence-corrected chi connectivity index (χ3v) is 5.16. The van der Waals surface area contributed by atoms with Crippen LogP contribution in [0.3, 0.4) is 0 Å². The summed E-state index contributed by atoms with van der Waals surface area (Å²) in [5.41, 5.74) is 5.08. The van der Waals surface area contributed by atoms with Crippen molar-refractivity contribution in [3.05, 3.63) is 53.1 Å². The van der Waals surface area contributed by atoms with Crippen LogP contribution < -0.4 is 5.73 Å². The van der Waals surface area contributed by atoms with E-state index >= 15 is 0 Å². The highest BCUT2D eigenvalue weighted by Crippen LogP contribution is 2.36. The molecule has 2 aromatic rings. The maximum Gasteiger partial charge on any atom is 0.434 e. The monoisotopic (exact) mass is 430 g/mol. The molecule has 2 N–H and O–H groups in total. The van der Waals surface area contributed by atoms with E-state index in [1.165, 1.54) is 9.47 Å². The van der Waals surface area contributed by atoms with Crippen molar-refractivity contribution >= 4 is 5.91 Å². The first kappa shape index (κ1) is 22.2. The number of fused-ring (bicyclic) bond motifs is 1. The van der Waals surface area contributed by atoms with Crippen molar-refractivity contribution < 1.29 is 26.7 Å². The molecule has 5 nitrogen and oxygen atoms in total. The molecule has 2 atom stereocenters. The molecule has 1 aromatic carbocycles. The molecule has 10 heteroatoms. The van der Waals surface area contributed by atoms with Crippen LogP contribution in [0.2, 0.25) is 0 Å². The van der Waals surface area contributed by atoms with Crippen LogP contribution in [0.5, 0.6) is 0 Å². The van der Waals surface area contributed by atoms with Gasteiger partial charge in [-0.3, -0.25) is 4.79 Å². The molecule has 0 aliphatic carbocycles. The Morgan fingerprint density at radius 2 is 1.97 bits per heavy atom. The zero-order valence-electron chi connectivity index (χ0n) is 16.6. The number of carbonyl (C=O) groups is 1. The standard InChI is InChI=1S/C20H23F5N4O/c1-11(2)18-19-27-16(20(23,24)25)10-28(19)5-6-29(18)17(30)9-14(26)8-12-7-13(21)3-4-15(12)22/h3-4,7,10-11,14,18H,5-6,8-9,26H2,1-2H3/t14-,18?/m1/s1. The molecule has 1 unspecified atom stereocenters. The third-order valence-electron chi connectivity index (χ3n) is 5.16. The van der Waals surface area contributed by atoms with Crippen LogP contribution in [0, 0.1) is 17.6 Å². The number of imidazole rings is 1. The van der Waals surface area contributed by atoms with Gasteiger partial charge in [-0.1, -0.05) is 13.8 Å². The molecule has 0 fully saturated rings. The average Bonchev–Trinajstić information content (AvgIpc) is 3.08. The molecule has 30 heavy (non-hydrogen) atoms. The summed E-state index contributed by atoms with van der Waals surface area (Å²) in [6.45, 7) is 3.99. The van der Waals surface area contributed by atoms with Gasteiger partial charge in [-0.25, -0.2) is 13.8 Å². The fraction of sp³-hybridized carbons (Fsp3) is 0.500. The number of carbonyl (C=O) groups excluding carboxylic acids is 1. The van der Waals surface area contributed by atoms with E-state index < -0.39 is 35.6 Å². The fourth-order valence-electron chi connectivity index (χ4n) is 3.81. The van der Waals surface area contributed by atoms with Gasteiger partial charge >= 0.3 is 6.18 Å². The summed E-state index contributed by atoms with van der Waals surface area (Å²) >= 11 is 0. The fourth-order valence-corrected chi connectivity index (χ4v) is 3.81. The van der Waals surface area contributed by atoms with Crippen LogP contribution in [0.25, 0.3) is 0 Å². The molecule has 164 valence electrons. The zero-order valence-corrected chi connectivity index (χ0v) is 16.6. The quantitative estimate of drug-likeness (QED) is 0.737. The Bertz CT molecular complexity index is 924. The number of benzene rings is 1. The van der Waals surface area contributed by atoms with E-state index in [0.717, 1.165) is 24.4 Å². The second-order valence-corrected chi connectivity index (χ2v) is 7.86. The van der Waals surface area contributed by atoms with E-state index in [2.05, 4.69) is 4.98 Å². The largest absolute Gasteiger partial charge is 0.434 e. The second-order valence-electron chi connectivity index (χ2n) is 7.86. The molecule has 1 aliphatic rings. The first-order valence-electron chi connectivity index (χ1n) is 9.60. The van der Waals surface area contributed by atoms with Crippen molar-refractivity contribution in [1.29, 1.82) is 0 Å². The van der Waals surface area contributed by atoms with Gasteiger partial charge in [0.05, 0.1) is 6.04 Å². The first-order chi connectivity index (χ1) is 14.0. The smallest absolute Gasteiger partial charge is 0.331 e. The van der Waals surface area contributed by atoms with Gasteiger partial charge in [0.1, 0.15) is 17.5 Å². The van der Waals surface area contributed by atoms with Gasteiger partial charge in [0.15, 0.2) is 5.69 Å². The highest BCUT2D eigenvalue weighted by Gasteiger charge is 2.40. The predicted octanol–water partition coefficient (Wildman–Crippen LogP) is 3.68. The minimum absolute atomic E-state index is 0.0393. The molecule has 0 spiro atoms. The van der Waals surface area contributed by atoms with Gasteiger partial charge in [0.2, 0.25) is 5.91 Å². The molecule has 3 rings (SSSR count). The van der Waals surface area contributed by atoms with Crippen molar-refractivity contribution in [3.63, 3.8) is 0 Å². The number of nitrogens with zero attached hydrogens (tertiary/aromatic N) is 3. The van der Waals surface area contributed by atoms with Crippen molar-refractivity contribution in [2.75, 3.05) is 6.54 Å². The maximum atomic E-state index is 13.8. The molecule has 1 amide bonds. The molecule has 0 bridgehead atoms. The molecule has 2 heterocycles. The Kier molecular flexibility index (Phi) is 6.16. The summed E-state index contributed by atoms with van der Waals surface area (Å²) in [7, 11) is 0. The number of hydrogen-bond donors (Lipinski definition) is 1. The second kappa shape index (κ2) is 8.33. The number of halogens is 5. The number of aromatic nitrogens is 2. The van der Waals surface area contributed by atoms with E-state index in [9.17, 15) is 26.7 Å². The lowest BCUT2D eigenvalue weighted by atomic mass is 9.97. The summed E-state index contributed by atoms with van der Waals surface area (Å²) in [4.78, 5) is 18.1. The SMILES string of the molecule is CC(C)C1c2nc(C(F)(F)F)cn2CCN1C(=O)C[C@H](N)Cc1cc(F)ccc1F. The minimum Gasteiger partial charge on any atom is -0.331 e. The number of hydrogen-bond acceptors (Lipinski definition) is 3. The van der Waals surface area contributed by atoms with E-state index in [4.69, 9.17) is 5.73 Å². The van der Waals surface area contributed by atoms with E-state index in [1.54, 1.807) is 13.8 Å². The highest BCUT2D eigenvalue weighted by atomic mass is 19.4. The van der Waals surface area contributed by atoms with Gasteiger partial charge in [0, 0.05) is 31.7 Å². The molecule has 1 aliphatic heterocycles. The normalized spacial score (nSPS) is 17.9. The van der Waals surface area contributed by atoms with Crippen molar-refractivity contribution in [2.24, 2.45) is 11.7 Å². The maximum absolute atomic E-state index is 13.8. The van der Waals surface area contributed by atoms with Crippen LogP contribution in [0.15, 0.2) is 24.4 Å². The number of rotatable bonds is 5. The van der Waals surface area contributed by atoms with Gasteiger partial charge in [-0.2, -0.15) is 13.2 Å². The van der Waals surface area contributed by atoms with Crippen LogP contribution >= 0.6 is 0 Å². The Balaban J connectivity index is 1.76. The Morgan fingerprint density at radius 1 is 1.27 bits per heavy atom. The van der Waals surface area contributed by atoms with Crippen LogP contribution in [0.1, 0.15) is 43.4 Å². The lowest BCUT2D eigenvalue weighted by molar-refractivity contribution is -0.141. The zero-order chi connectivity index (χ0) is 22.2. The lowest BCUT2D eigenvalue weighted by Crippen LogP contribution is -2.46. The first-order valence-corrected chi connectivity index (χ1v) is 9.60. The molecular formula is C20H23F5N4O. The van der Waals surface area contributed by atoms with Crippen LogP contribution in [0.4, 0.5) is 22.0 Å². The van der Waals surface area contributed by atoms with Gasteiger partial charge in [-0.15, -0.1) is 0 Å². The highest BCUT2D eigenvalue weighted by molar-refractivity contribution is 5.77. The van der Waals surface area contributed by atoms with Crippen LogP contribution in [-0.2, 0) is 23.9 Å². The Labute approximate surface area is 170 Å². The van der Waals surface area contributed by atoms with Crippen molar-refractivity contribution in [1.82, 2.24) is 14.5 Å². The van der Waals surface area contributed by atoms with Gasteiger partial charge in [-0.05, 0) is 36.1 Å². The van der Waals surface area contributed by atoms with E-state index in [-0.39, 0.29) is 49.1 Å². The molecule has 0 saturated heterocycles. The molecular weight excluding hydrogens is 407 g/mol. The molecule has 1 aromatic heterocycles. The summed E-state index contributed by atoms with van der Waals surface area (Å²) < 4.78 is 67.8. The topological polar surface area (TPSA) is 64.2 Å². The number of amides is 1. The van der Waals surface area contributed by atoms with E-state index in [1.807, 2.05) is 0 Å². The average molecular weight is 430 g/mol. The summed E-state index contributed by atoms with van der Waals surface area (Å²) in [5.74, 6) is -1.58. The van der Waals surface area contributed by atoms with E-state index in [0.29, 0.717) is 0 Å². The van der Waals surface area contributed by atoms with Crippen molar-refractivity contribution in [2.45, 2.75) is 51.5 Å². The third kappa shape index (κ3) is 4.63. The summed E-state index contributed by atoms with van der Waals surface area (Å²) in [6.07, 6.45) is -3.79. The minimum atomic E-state index is -4.57. The summed E-state index contributed by atoms with van der Waals surface area (Å²) in [5, 5.41) is 0. The Hall–Kier alpha value is -2.49. The molecule has 0 radical (unpaired) electrons. The Morgan fingerprint density at radius 3 is 2.60 bits per heavy atom. The summed E-state index contributed by atoms with van der Waals surface area (Å²) in [6, 6.07) is 1.62. The van der Waals surface area contributed by atoms with Crippen molar-refractivity contribution in [3.8, 4) is 0 Å². The molecule has 0 saturated carbocycles.